The number of pyridine rings is 1. The van der Waals surface area contributed by atoms with E-state index in [0.717, 1.165) is 25.4 Å². The number of rotatable bonds is 7. The normalized spacial score (nSPS) is 12.2. The van der Waals surface area contributed by atoms with Gasteiger partial charge >= 0.3 is 0 Å². The zero-order chi connectivity index (χ0) is 12.7. The number of methoxy groups -OCH3 is 1. The van der Waals surface area contributed by atoms with Crippen molar-refractivity contribution in [3.05, 3.63) is 18.3 Å². The van der Waals surface area contributed by atoms with E-state index in [-0.39, 0.29) is 0 Å². The van der Waals surface area contributed by atoms with E-state index in [4.69, 9.17) is 4.74 Å². The molecular weight excluding hydrogens is 214 g/mol. The van der Waals surface area contributed by atoms with Crippen LogP contribution in [0.2, 0.25) is 0 Å². The van der Waals surface area contributed by atoms with Crippen LogP contribution in [0.1, 0.15) is 20.3 Å². The zero-order valence-corrected chi connectivity index (χ0v) is 11.2. The Morgan fingerprint density at radius 2 is 2.29 bits per heavy atom. The second-order valence-electron chi connectivity index (χ2n) is 4.09. The van der Waals surface area contributed by atoms with Crippen LogP contribution in [0.5, 0.6) is 0 Å². The first-order valence-electron chi connectivity index (χ1n) is 6.12. The van der Waals surface area contributed by atoms with E-state index >= 15 is 0 Å². The van der Waals surface area contributed by atoms with Crippen LogP contribution in [0, 0.1) is 0 Å². The van der Waals surface area contributed by atoms with Gasteiger partial charge < -0.3 is 15.0 Å². The van der Waals surface area contributed by atoms with E-state index in [2.05, 4.69) is 35.1 Å². The van der Waals surface area contributed by atoms with Crippen molar-refractivity contribution in [3.63, 3.8) is 0 Å². The van der Waals surface area contributed by atoms with Gasteiger partial charge in [-0.15, -0.1) is 0 Å². The summed E-state index contributed by atoms with van der Waals surface area (Å²) < 4.78 is 5.17. The van der Waals surface area contributed by atoms with Crippen LogP contribution in [0.25, 0.3) is 0 Å². The molecule has 0 aromatic carbocycles. The van der Waals surface area contributed by atoms with Crippen molar-refractivity contribution < 1.29 is 4.74 Å². The monoisotopic (exact) mass is 237 g/mol. The first-order chi connectivity index (χ1) is 8.22. The number of nitrogens with one attached hydrogen (secondary N) is 1. The minimum absolute atomic E-state index is 0.497. The molecule has 1 aromatic rings. The van der Waals surface area contributed by atoms with Crippen molar-refractivity contribution in [2.75, 3.05) is 37.5 Å². The molecule has 0 bridgehead atoms. The quantitative estimate of drug-likeness (QED) is 0.790. The Hall–Kier alpha value is -1.29. The molecule has 1 rings (SSSR count). The summed E-state index contributed by atoms with van der Waals surface area (Å²) in [6.07, 6.45) is 2.95. The van der Waals surface area contributed by atoms with Gasteiger partial charge in [-0.05, 0) is 19.4 Å². The van der Waals surface area contributed by atoms with Crippen LogP contribution >= 0.6 is 0 Å². The standard InChI is InChI=1S/C13H23N3O/c1-5-11(2)16(8-9-17-4)12-6-7-15-13(10-12)14-3/h6-7,10-11H,5,8-9H2,1-4H3,(H,14,15). The van der Waals surface area contributed by atoms with Gasteiger partial charge in [0.15, 0.2) is 0 Å². The molecule has 96 valence electrons. The third kappa shape index (κ3) is 3.89. The molecule has 1 N–H and O–H groups in total. The molecule has 0 aliphatic heterocycles. The zero-order valence-electron chi connectivity index (χ0n) is 11.2. The molecule has 1 unspecified atom stereocenters. The molecule has 1 aromatic heterocycles. The number of ether oxygens (including phenoxy) is 1. The molecule has 0 saturated heterocycles. The van der Waals surface area contributed by atoms with Crippen LogP contribution in [0.15, 0.2) is 18.3 Å². The molecule has 0 spiro atoms. The highest BCUT2D eigenvalue weighted by Gasteiger charge is 2.13. The Bertz CT molecular complexity index is 330. The van der Waals surface area contributed by atoms with Crippen LogP contribution < -0.4 is 10.2 Å². The largest absolute Gasteiger partial charge is 0.383 e. The number of nitrogens with zero attached hydrogens (tertiary/aromatic N) is 2. The summed E-state index contributed by atoms with van der Waals surface area (Å²) in [4.78, 5) is 6.59. The summed E-state index contributed by atoms with van der Waals surface area (Å²) in [7, 11) is 3.62. The highest BCUT2D eigenvalue weighted by atomic mass is 16.5. The lowest BCUT2D eigenvalue weighted by atomic mass is 10.2. The molecule has 0 aliphatic carbocycles. The molecule has 4 nitrogen and oxygen atoms in total. The predicted molar refractivity (Wildman–Crippen MR) is 72.8 cm³/mol. The molecule has 0 fully saturated rings. The van der Waals surface area contributed by atoms with Gasteiger partial charge in [-0.2, -0.15) is 0 Å². The maximum absolute atomic E-state index is 5.17. The van der Waals surface area contributed by atoms with Crippen molar-refractivity contribution in [1.82, 2.24) is 4.98 Å². The lowest BCUT2D eigenvalue weighted by molar-refractivity contribution is 0.203. The maximum atomic E-state index is 5.17. The van der Waals surface area contributed by atoms with Gasteiger partial charge in [0, 0.05) is 44.7 Å². The van der Waals surface area contributed by atoms with Crippen molar-refractivity contribution in [1.29, 1.82) is 0 Å². The lowest BCUT2D eigenvalue weighted by Gasteiger charge is -2.30. The predicted octanol–water partition coefficient (Wildman–Crippen LogP) is 2.37. The average molecular weight is 237 g/mol. The Balaban J connectivity index is 2.86. The number of anilines is 2. The smallest absolute Gasteiger partial charge is 0.127 e. The van der Waals surface area contributed by atoms with E-state index in [1.165, 1.54) is 5.69 Å². The highest BCUT2D eigenvalue weighted by molar-refractivity contribution is 5.54. The van der Waals surface area contributed by atoms with E-state index in [1.54, 1.807) is 7.11 Å². The van der Waals surface area contributed by atoms with Crippen LogP contribution in [-0.4, -0.2) is 38.3 Å². The molecule has 4 heteroatoms. The second kappa shape index (κ2) is 7.12. The van der Waals surface area contributed by atoms with Gasteiger partial charge in [-0.25, -0.2) is 4.98 Å². The fourth-order valence-corrected chi connectivity index (χ4v) is 1.75. The molecule has 1 heterocycles. The highest BCUT2D eigenvalue weighted by Crippen LogP contribution is 2.20. The summed E-state index contributed by atoms with van der Waals surface area (Å²) in [5, 5.41) is 3.07. The van der Waals surface area contributed by atoms with Gasteiger partial charge in [-0.1, -0.05) is 6.92 Å². The summed E-state index contributed by atoms with van der Waals surface area (Å²) in [5.74, 6) is 0.896. The number of hydrogen-bond acceptors (Lipinski definition) is 4. The minimum Gasteiger partial charge on any atom is -0.383 e. The first kappa shape index (κ1) is 13.8. The Labute approximate surface area is 104 Å². The summed E-state index contributed by atoms with van der Waals surface area (Å²) in [5.41, 5.74) is 1.19. The maximum Gasteiger partial charge on any atom is 0.127 e. The average Bonchev–Trinajstić information content (AvgIpc) is 2.39. The second-order valence-corrected chi connectivity index (χ2v) is 4.09. The molecule has 0 radical (unpaired) electrons. The minimum atomic E-state index is 0.497. The third-order valence-electron chi connectivity index (χ3n) is 2.99. The molecule has 17 heavy (non-hydrogen) atoms. The Kier molecular flexibility index (Phi) is 5.77. The summed E-state index contributed by atoms with van der Waals surface area (Å²) in [6.45, 7) is 6.07. The SMILES string of the molecule is CCC(C)N(CCOC)c1ccnc(NC)c1. The lowest BCUT2D eigenvalue weighted by Crippen LogP contribution is -2.35. The van der Waals surface area contributed by atoms with Gasteiger partial charge in [0.05, 0.1) is 6.61 Å². The number of hydrogen-bond donors (Lipinski definition) is 1. The van der Waals surface area contributed by atoms with Gasteiger partial charge in [0.1, 0.15) is 5.82 Å². The van der Waals surface area contributed by atoms with Crippen LogP contribution in [-0.2, 0) is 4.74 Å². The van der Waals surface area contributed by atoms with Gasteiger partial charge in [0.2, 0.25) is 0 Å². The van der Waals surface area contributed by atoms with Crippen LogP contribution in [0.4, 0.5) is 11.5 Å². The van der Waals surface area contributed by atoms with Crippen molar-refractivity contribution in [2.45, 2.75) is 26.3 Å². The summed E-state index contributed by atoms with van der Waals surface area (Å²) >= 11 is 0. The molecule has 1 atom stereocenters. The van der Waals surface area contributed by atoms with E-state index in [0.29, 0.717) is 6.04 Å². The van der Waals surface area contributed by atoms with Crippen molar-refractivity contribution in [2.24, 2.45) is 0 Å². The Morgan fingerprint density at radius 1 is 1.53 bits per heavy atom. The third-order valence-corrected chi connectivity index (χ3v) is 2.99. The van der Waals surface area contributed by atoms with E-state index in [1.807, 2.05) is 19.3 Å². The van der Waals surface area contributed by atoms with Gasteiger partial charge in [-0.3, -0.25) is 0 Å². The molecule has 0 aliphatic rings. The molecule has 0 saturated carbocycles. The van der Waals surface area contributed by atoms with Crippen LogP contribution in [0.3, 0.4) is 0 Å². The summed E-state index contributed by atoms with van der Waals surface area (Å²) in [6, 6.07) is 4.61. The Morgan fingerprint density at radius 3 is 2.88 bits per heavy atom. The van der Waals surface area contributed by atoms with E-state index < -0.39 is 0 Å². The topological polar surface area (TPSA) is 37.4 Å². The van der Waals surface area contributed by atoms with Gasteiger partial charge in [0.25, 0.3) is 0 Å². The first-order valence-corrected chi connectivity index (χ1v) is 6.12. The molecule has 0 amide bonds. The fraction of sp³-hybridized carbons (Fsp3) is 0.615. The van der Waals surface area contributed by atoms with E-state index in [9.17, 15) is 0 Å². The van der Waals surface area contributed by atoms with Crippen molar-refractivity contribution in [3.8, 4) is 0 Å². The van der Waals surface area contributed by atoms with Crippen molar-refractivity contribution >= 4 is 11.5 Å². The number of aromatic nitrogens is 1. The fourth-order valence-electron chi connectivity index (χ4n) is 1.75. The molecular formula is C13H23N3O.